The molecule has 0 heterocycles. The van der Waals surface area contributed by atoms with E-state index in [4.69, 9.17) is 14.2 Å². The number of hydrogen-bond donors (Lipinski definition) is 1. The molecule has 10 heteroatoms. The highest BCUT2D eigenvalue weighted by Gasteiger charge is 2.11. The smallest absolute Gasteiger partial charge is 0.302 e. The van der Waals surface area contributed by atoms with E-state index in [9.17, 15) is 19.5 Å². The summed E-state index contributed by atoms with van der Waals surface area (Å²) in [4.78, 5) is 32.6. The fraction of sp³-hybridized carbons (Fsp3) is 0.571. The Balaban J connectivity index is 2.69. The van der Waals surface area contributed by atoms with E-state index in [2.05, 4.69) is 0 Å². The van der Waals surface area contributed by atoms with Gasteiger partial charge in [0.15, 0.2) is 0 Å². The summed E-state index contributed by atoms with van der Waals surface area (Å²) in [6.07, 6.45) is 0. The van der Waals surface area contributed by atoms with Crippen molar-refractivity contribution in [2.75, 3.05) is 37.1 Å². The predicted molar refractivity (Wildman–Crippen MR) is 126 cm³/mol. The molecule has 0 saturated heterocycles. The second kappa shape index (κ2) is 16.2. The summed E-state index contributed by atoms with van der Waals surface area (Å²) in [5.74, 6) is 3.30. The maximum atomic E-state index is 10.9. The summed E-state index contributed by atoms with van der Waals surface area (Å²) in [5, 5.41) is 10.7. The Morgan fingerprint density at radius 3 is 1.42 bits per heavy atom. The van der Waals surface area contributed by atoms with Crippen LogP contribution < -0.4 is 0 Å². The maximum Gasteiger partial charge on any atom is 0.302 e. The first-order valence-electron chi connectivity index (χ1n) is 9.76. The number of carbonyl (C=O) groups excluding carboxylic acids is 3. The van der Waals surface area contributed by atoms with Crippen molar-refractivity contribution in [1.29, 1.82) is 0 Å². The number of carbonyl (C=O) groups is 3. The summed E-state index contributed by atoms with van der Waals surface area (Å²) in [6.45, 7) is 5.20. The Kier molecular flexibility index (Phi) is 14.3. The number of esters is 3. The van der Waals surface area contributed by atoms with Gasteiger partial charge < -0.3 is 19.3 Å². The number of aromatic hydroxyl groups is 1. The van der Waals surface area contributed by atoms with E-state index in [1.165, 1.54) is 20.8 Å². The molecule has 0 spiro atoms. The van der Waals surface area contributed by atoms with Gasteiger partial charge in [-0.05, 0) is 5.56 Å². The Morgan fingerprint density at radius 2 is 1.06 bits per heavy atom. The normalized spacial score (nSPS) is 10.5. The van der Waals surface area contributed by atoms with Crippen LogP contribution in [0.5, 0.6) is 5.75 Å². The molecule has 174 valence electrons. The summed E-state index contributed by atoms with van der Waals surface area (Å²) in [7, 11) is 0. The lowest BCUT2D eigenvalue weighted by Crippen LogP contribution is -2.04. The summed E-state index contributed by atoms with van der Waals surface area (Å²) in [5.41, 5.74) is 2.75. The second-order valence-electron chi connectivity index (χ2n) is 6.44. The molecule has 1 rings (SSSR count). The van der Waals surface area contributed by atoms with Gasteiger partial charge in [0.05, 0.1) is 0 Å². The minimum atomic E-state index is -0.302. The van der Waals surface area contributed by atoms with Crippen LogP contribution in [0.4, 0.5) is 0 Å². The van der Waals surface area contributed by atoms with Crippen molar-refractivity contribution in [2.45, 2.75) is 38.0 Å². The SMILES string of the molecule is CC(=O)OCCSCc1cc(CSCCOC(C)=O)c(O)c(CSCCOC(C)=O)c1. The lowest BCUT2D eigenvalue weighted by atomic mass is 10.1. The molecule has 0 bridgehead atoms. The molecule has 0 unspecified atom stereocenters. The standard InChI is InChI=1S/C21H30O7S3/c1-15(22)26-4-7-29-12-18-10-19(13-30-8-5-27-16(2)23)21(25)20(11-18)14-31-9-6-28-17(3)24/h10-11,25H,4-9,12-14H2,1-3H3. The topological polar surface area (TPSA) is 99.1 Å². The quantitative estimate of drug-likeness (QED) is 0.222. The van der Waals surface area contributed by atoms with E-state index in [1.54, 1.807) is 35.3 Å². The predicted octanol–water partition coefficient (Wildman–Crippen LogP) is 3.78. The van der Waals surface area contributed by atoms with Crippen molar-refractivity contribution in [1.82, 2.24) is 0 Å². The van der Waals surface area contributed by atoms with Gasteiger partial charge in [0.25, 0.3) is 0 Å². The molecule has 0 aliphatic rings. The highest BCUT2D eigenvalue weighted by Crippen LogP contribution is 2.32. The first-order chi connectivity index (χ1) is 14.8. The third-order valence-corrected chi connectivity index (χ3v) is 6.64. The largest absolute Gasteiger partial charge is 0.507 e. The average molecular weight is 491 g/mol. The molecule has 0 aliphatic heterocycles. The lowest BCUT2D eigenvalue weighted by molar-refractivity contribution is -0.141. The van der Waals surface area contributed by atoms with E-state index in [0.29, 0.717) is 48.6 Å². The van der Waals surface area contributed by atoms with E-state index < -0.39 is 0 Å². The van der Waals surface area contributed by atoms with Crippen LogP contribution in [0.1, 0.15) is 37.5 Å². The van der Waals surface area contributed by atoms with E-state index in [-0.39, 0.29) is 23.7 Å². The van der Waals surface area contributed by atoms with Crippen LogP contribution in [0.15, 0.2) is 12.1 Å². The molecule has 7 nitrogen and oxygen atoms in total. The van der Waals surface area contributed by atoms with Gasteiger partial charge in [-0.15, -0.1) is 0 Å². The molecule has 0 atom stereocenters. The highest BCUT2D eigenvalue weighted by atomic mass is 32.2. The zero-order valence-corrected chi connectivity index (χ0v) is 20.6. The van der Waals surface area contributed by atoms with Crippen molar-refractivity contribution in [3.8, 4) is 5.75 Å². The first kappa shape index (κ1) is 27.5. The molecule has 1 aromatic carbocycles. The fourth-order valence-electron chi connectivity index (χ4n) is 2.42. The molecular weight excluding hydrogens is 460 g/mol. The van der Waals surface area contributed by atoms with Crippen LogP contribution in [0.25, 0.3) is 0 Å². The monoisotopic (exact) mass is 490 g/mol. The van der Waals surface area contributed by atoms with Crippen LogP contribution >= 0.6 is 35.3 Å². The lowest BCUT2D eigenvalue weighted by Gasteiger charge is -2.13. The van der Waals surface area contributed by atoms with Crippen LogP contribution in [0.2, 0.25) is 0 Å². The summed E-state index contributed by atoms with van der Waals surface area (Å²) in [6, 6.07) is 3.97. The zero-order chi connectivity index (χ0) is 23.1. The highest BCUT2D eigenvalue weighted by molar-refractivity contribution is 7.99. The van der Waals surface area contributed by atoms with Crippen LogP contribution in [0.3, 0.4) is 0 Å². The fourth-order valence-corrected chi connectivity index (χ4v) is 4.74. The Bertz CT molecular complexity index is 680. The van der Waals surface area contributed by atoms with Gasteiger partial charge in [0, 0.05) is 66.4 Å². The number of rotatable bonds is 15. The zero-order valence-electron chi connectivity index (χ0n) is 18.1. The van der Waals surface area contributed by atoms with E-state index >= 15 is 0 Å². The number of hydrogen-bond acceptors (Lipinski definition) is 10. The number of phenols is 1. The molecule has 0 fully saturated rings. The number of ether oxygens (including phenoxy) is 3. The Labute approximate surface area is 196 Å². The Hall–Kier alpha value is -1.52. The third kappa shape index (κ3) is 13.5. The van der Waals surface area contributed by atoms with Gasteiger partial charge in [0.1, 0.15) is 25.6 Å². The summed E-state index contributed by atoms with van der Waals surface area (Å²) >= 11 is 4.82. The van der Waals surface area contributed by atoms with Crippen molar-refractivity contribution in [3.63, 3.8) is 0 Å². The van der Waals surface area contributed by atoms with Crippen LogP contribution in [-0.4, -0.2) is 60.1 Å². The number of phenolic OH excluding ortho intramolecular Hbond substituents is 1. The molecule has 0 aliphatic carbocycles. The van der Waals surface area contributed by atoms with E-state index in [1.807, 2.05) is 12.1 Å². The maximum absolute atomic E-state index is 10.9. The number of benzene rings is 1. The minimum Gasteiger partial charge on any atom is -0.507 e. The van der Waals surface area contributed by atoms with Gasteiger partial charge in [-0.1, -0.05) is 12.1 Å². The third-order valence-electron chi connectivity index (χ3n) is 3.71. The van der Waals surface area contributed by atoms with Crippen LogP contribution in [0, 0.1) is 0 Å². The average Bonchev–Trinajstić information content (AvgIpc) is 2.69. The second-order valence-corrected chi connectivity index (χ2v) is 9.76. The van der Waals surface area contributed by atoms with Gasteiger partial charge in [-0.25, -0.2) is 0 Å². The molecule has 0 amide bonds. The minimum absolute atomic E-state index is 0.272. The first-order valence-corrected chi connectivity index (χ1v) is 13.2. The van der Waals surface area contributed by atoms with E-state index in [0.717, 1.165) is 22.4 Å². The van der Waals surface area contributed by atoms with Crippen molar-refractivity contribution in [2.24, 2.45) is 0 Å². The molecule has 1 N–H and O–H groups in total. The van der Waals surface area contributed by atoms with Crippen molar-refractivity contribution < 1.29 is 33.7 Å². The molecule has 0 radical (unpaired) electrons. The molecule has 0 saturated carbocycles. The molecule has 0 aromatic heterocycles. The van der Waals surface area contributed by atoms with Crippen LogP contribution in [-0.2, 0) is 45.9 Å². The van der Waals surface area contributed by atoms with Gasteiger partial charge in [-0.3, -0.25) is 14.4 Å². The molecular formula is C21H30O7S3. The van der Waals surface area contributed by atoms with Gasteiger partial charge >= 0.3 is 17.9 Å². The number of thioether (sulfide) groups is 3. The van der Waals surface area contributed by atoms with Gasteiger partial charge in [0.2, 0.25) is 0 Å². The molecule has 1 aromatic rings. The Morgan fingerprint density at radius 1 is 0.710 bits per heavy atom. The summed E-state index contributed by atoms with van der Waals surface area (Å²) < 4.78 is 14.8. The van der Waals surface area contributed by atoms with Crippen molar-refractivity contribution >= 4 is 53.2 Å². The molecule has 31 heavy (non-hydrogen) atoms. The van der Waals surface area contributed by atoms with Crippen molar-refractivity contribution in [3.05, 3.63) is 28.8 Å². The van der Waals surface area contributed by atoms with Gasteiger partial charge in [-0.2, -0.15) is 35.3 Å².